The van der Waals surface area contributed by atoms with Crippen LogP contribution < -0.4 is 14.8 Å². The molecule has 1 aliphatic rings. The summed E-state index contributed by atoms with van der Waals surface area (Å²) >= 11 is 0. The van der Waals surface area contributed by atoms with Crippen LogP contribution in [-0.2, 0) is 6.42 Å². The maximum Gasteiger partial charge on any atom is 0.119 e. The summed E-state index contributed by atoms with van der Waals surface area (Å²) in [5.74, 6) is 1.78. The smallest absolute Gasteiger partial charge is 0.119 e. The van der Waals surface area contributed by atoms with E-state index in [9.17, 15) is 0 Å². The fourth-order valence-electron chi connectivity index (χ4n) is 3.44. The largest absolute Gasteiger partial charge is 0.497 e. The van der Waals surface area contributed by atoms with Crippen LogP contribution in [0, 0.1) is 0 Å². The topological polar surface area (TPSA) is 46.3 Å². The van der Waals surface area contributed by atoms with Crippen LogP contribution in [0.5, 0.6) is 11.5 Å². The number of ether oxygens (including phenoxy) is 2. The number of fused-ring (bicyclic) bond motifs is 3. The molecule has 23 heavy (non-hydrogen) atoms. The summed E-state index contributed by atoms with van der Waals surface area (Å²) in [6.07, 6.45) is 1.02. The zero-order valence-electron chi connectivity index (χ0n) is 13.3. The fourth-order valence-corrected chi connectivity index (χ4v) is 3.44. The first kappa shape index (κ1) is 14.2. The Labute approximate surface area is 135 Å². The van der Waals surface area contributed by atoms with E-state index in [2.05, 4.69) is 34.6 Å². The Balaban J connectivity index is 1.84. The van der Waals surface area contributed by atoms with E-state index in [1.165, 1.54) is 22.2 Å². The second-order valence-corrected chi connectivity index (χ2v) is 5.84. The molecule has 0 saturated carbocycles. The molecule has 0 spiro atoms. The molecule has 4 nitrogen and oxygen atoms in total. The maximum absolute atomic E-state index is 5.38. The molecule has 118 valence electrons. The number of benzene rings is 2. The molecule has 1 aromatic heterocycles. The summed E-state index contributed by atoms with van der Waals surface area (Å²) in [5, 5.41) is 4.87. The standard InChI is InChI=1S/C19H20N2O2/c1-22-13-5-3-4-12(10-13)18-19-15(8-9-20-18)16-11-14(23-2)6-7-17(16)21-19/h3-7,10-11,18,20-21H,8-9H2,1-2H3/t18-/m1/s1. The summed E-state index contributed by atoms with van der Waals surface area (Å²) in [6, 6.07) is 14.6. The maximum atomic E-state index is 5.38. The molecule has 1 aliphatic heterocycles. The van der Waals surface area contributed by atoms with Crippen molar-refractivity contribution in [1.29, 1.82) is 0 Å². The van der Waals surface area contributed by atoms with Crippen molar-refractivity contribution in [2.24, 2.45) is 0 Å². The average Bonchev–Trinajstić information content (AvgIpc) is 2.99. The number of methoxy groups -OCH3 is 2. The highest BCUT2D eigenvalue weighted by molar-refractivity contribution is 5.86. The number of hydrogen-bond donors (Lipinski definition) is 2. The van der Waals surface area contributed by atoms with Crippen LogP contribution in [0.4, 0.5) is 0 Å². The molecule has 0 fully saturated rings. The lowest BCUT2D eigenvalue weighted by Gasteiger charge is -2.25. The van der Waals surface area contributed by atoms with E-state index >= 15 is 0 Å². The van der Waals surface area contributed by atoms with Gasteiger partial charge in [0.25, 0.3) is 0 Å². The molecule has 0 unspecified atom stereocenters. The molecular formula is C19H20N2O2. The number of H-pyrrole nitrogens is 1. The Hall–Kier alpha value is -2.46. The van der Waals surface area contributed by atoms with Crippen LogP contribution in [0.3, 0.4) is 0 Å². The third-order valence-electron chi connectivity index (χ3n) is 4.59. The van der Waals surface area contributed by atoms with E-state index in [1.807, 2.05) is 18.2 Å². The van der Waals surface area contributed by atoms with Gasteiger partial charge in [0.05, 0.1) is 20.3 Å². The van der Waals surface area contributed by atoms with E-state index in [0.29, 0.717) is 0 Å². The van der Waals surface area contributed by atoms with Crippen molar-refractivity contribution < 1.29 is 9.47 Å². The van der Waals surface area contributed by atoms with Crippen molar-refractivity contribution in [3.05, 3.63) is 59.3 Å². The molecule has 0 amide bonds. The van der Waals surface area contributed by atoms with Gasteiger partial charge in [-0.3, -0.25) is 0 Å². The minimum atomic E-state index is 0.159. The van der Waals surface area contributed by atoms with Gasteiger partial charge in [-0.05, 0) is 47.9 Å². The molecule has 2 aromatic carbocycles. The minimum absolute atomic E-state index is 0.159. The van der Waals surface area contributed by atoms with Gasteiger partial charge in [-0.15, -0.1) is 0 Å². The van der Waals surface area contributed by atoms with Gasteiger partial charge in [0, 0.05) is 23.1 Å². The molecule has 0 aliphatic carbocycles. The van der Waals surface area contributed by atoms with Gasteiger partial charge < -0.3 is 19.8 Å². The second kappa shape index (κ2) is 5.63. The Morgan fingerprint density at radius 2 is 1.83 bits per heavy atom. The molecule has 2 N–H and O–H groups in total. The quantitative estimate of drug-likeness (QED) is 0.779. The average molecular weight is 308 g/mol. The van der Waals surface area contributed by atoms with Crippen LogP contribution in [0.1, 0.15) is 22.9 Å². The van der Waals surface area contributed by atoms with Gasteiger partial charge in [-0.1, -0.05) is 12.1 Å². The summed E-state index contributed by atoms with van der Waals surface area (Å²) in [7, 11) is 3.41. The van der Waals surface area contributed by atoms with Gasteiger partial charge in [0.15, 0.2) is 0 Å². The summed E-state index contributed by atoms with van der Waals surface area (Å²) in [5.41, 5.74) is 4.99. The lowest BCUT2D eigenvalue weighted by Crippen LogP contribution is -2.30. The highest BCUT2D eigenvalue weighted by Crippen LogP contribution is 2.35. The van der Waals surface area contributed by atoms with Crippen LogP contribution in [-0.4, -0.2) is 25.7 Å². The molecule has 3 aromatic rings. The number of aromatic nitrogens is 1. The van der Waals surface area contributed by atoms with Crippen molar-refractivity contribution in [3.8, 4) is 11.5 Å². The Morgan fingerprint density at radius 3 is 2.65 bits per heavy atom. The van der Waals surface area contributed by atoms with Gasteiger partial charge in [0.1, 0.15) is 11.5 Å². The third-order valence-corrected chi connectivity index (χ3v) is 4.59. The predicted octanol–water partition coefficient (Wildman–Crippen LogP) is 3.42. The molecule has 2 heterocycles. The normalized spacial score (nSPS) is 17.0. The molecule has 0 radical (unpaired) electrons. The number of rotatable bonds is 3. The van der Waals surface area contributed by atoms with Crippen molar-refractivity contribution in [1.82, 2.24) is 10.3 Å². The third kappa shape index (κ3) is 2.35. The highest BCUT2D eigenvalue weighted by Gasteiger charge is 2.25. The van der Waals surface area contributed by atoms with Crippen molar-refractivity contribution in [2.75, 3.05) is 20.8 Å². The van der Waals surface area contributed by atoms with Gasteiger partial charge in [0.2, 0.25) is 0 Å². The number of hydrogen-bond acceptors (Lipinski definition) is 3. The van der Waals surface area contributed by atoms with Gasteiger partial charge >= 0.3 is 0 Å². The minimum Gasteiger partial charge on any atom is -0.497 e. The molecule has 1 atom stereocenters. The molecule has 4 rings (SSSR count). The molecular weight excluding hydrogens is 288 g/mol. The van der Waals surface area contributed by atoms with E-state index in [4.69, 9.17) is 9.47 Å². The summed E-state index contributed by atoms with van der Waals surface area (Å²) in [6.45, 7) is 0.957. The lowest BCUT2D eigenvalue weighted by atomic mass is 9.94. The van der Waals surface area contributed by atoms with Crippen LogP contribution in [0.25, 0.3) is 10.9 Å². The SMILES string of the molecule is COc1cccc([C@H]2NCCc3c2[nH]c2ccc(OC)cc32)c1. The second-order valence-electron chi connectivity index (χ2n) is 5.84. The summed E-state index contributed by atoms with van der Waals surface area (Å²) < 4.78 is 10.7. The lowest BCUT2D eigenvalue weighted by molar-refractivity contribution is 0.413. The van der Waals surface area contributed by atoms with Crippen molar-refractivity contribution in [2.45, 2.75) is 12.5 Å². The van der Waals surface area contributed by atoms with Crippen molar-refractivity contribution >= 4 is 10.9 Å². The van der Waals surface area contributed by atoms with Crippen LogP contribution in [0.2, 0.25) is 0 Å². The first-order chi connectivity index (χ1) is 11.3. The summed E-state index contributed by atoms with van der Waals surface area (Å²) in [4.78, 5) is 3.59. The van der Waals surface area contributed by atoms with Gasteiger partial charge in [-0.2, -0.15) is 0 Å². The molecule has 4 heteroatoms. The Kier molecular flexibility index (Phi) is 3.46. The Bertz CT molecular complexity index is 854. The molecule has 0 saturated heterocycles. The van der Waals surface area contributed by atoms with Crippen LogP contribution in [0.15, 0.2) is 42.5 Å². The van der Waals surface area contributed by atoms with E-state index < -0.39 is 0 Å². The predicted molar refractivity (Wildman–Crippen MR) is 91.4 cm³/mol. The first-order valence-corrected chi connectivity index (χ1v) is 7.86. The number of nitrogens with one attached hydrogen (secondary N) is 2. The monoisotopic (exact) mass is 308 g/mol. The first-order valence-electron chi connectivity index (χ1n) is 7.86. The molecule has 0 bridgehead atoms. The van der Waals surface area contributed by atoms with Gasteiger partial charge in [-0.25, -0.2) is 0 Å². The number of aromatic amines is 1. The van der Waals surface area contributed by atoms with Crippen LogP contribution >= 0.6 is 0 Å². The highest BCUT2D eigenvalue weighted by atomic mass is 16.5. The zero-order valence-corrected chi connectivity index (χ0v) is 13.3. The van der Waals surface area contributed by atoms with E-state index in [0.717, 1.165) is 30.0 Å². The Morgan fingerprint density at radius 1 is 1.00 bits per heavy atom. The van der Waals surface area contributed by atoms with Crippen molar-refractivity contribution in [3.63, 3.8) is 0 Å². The zero-order chi connectivity index (χ0) is 15.8. The van der Waals surface area contributed by atoms with E-state index in [-0.39, 0.29) is 6.04 Å². The fraction of sp³-hybridized carbons (Fsp3) is 0.263. The van der Waals surface area contributed by atoms with E-state index in [1.54, 1.807) is 14.2 Å².